The quantitative estimate of drug-likeness (QED) is 0.793. The summed E-state index contributed by atoms with van der Waals surface area (Å²) in [6.07, 6.45) is 3.10. The van der Waals surface area contributed by atoms with Crippen LogP contribution in [0, 0.1) is 6.92 Å². The molecule has 1 amide bonds. The fraction of sp³-hybridized carbons (Fsp3) is 0.125. The number of aromatic nitrogens is 1. The van der Waals surface area contributed by atoms with E-state index >= 15 is 0 Å². The average molecular weight is 266 g/mol. The first-order chi connectivity index (χ1) is 9.65. The van der Waals surface area contributed by atoms with Crippen LogP contribution in [-0.4, -0.2) is 18.1 Å². The molecule has 0 unspecified atom stereocenters. The van der Waals surface area contributed by atoms with Crippen molar-refractivity contribution in [2.75, 3.05) is 11.9 Å². The molecule has 1 aliphatic rings. The van der Waals surface area contributed by atoms with Gasteiger partial charge in [0.15, 0.2) is 0 Å². The highest BCUT2D eigenvalue weighted by atomic mass is 16.6. The first-order valence-corrected chi connectivity index (χ1v) is 6.34. The summed E-state index contributed by atoms with van der Waals surface area (Å²) in [4.78, 5) is 17.6. The number of benzene rings is 1. The van der Waals surface area contributed by atoms with Gasteiger partial charge in [0, 0.05) is 24.9 Å². The summed E-state index contributed by atoms with van der Waals surface area (Å²) < 4.78 is 5.39. The molecule has 100 valence electrons. The molecule has 0 N–H and O–H groups in total. The zero-order valence-electron chi connectivity index (χ0n) is 11.3. The molecular formula is C16H14N2O2. The van der Waals surface area contributed by atoms with E-state index in [0.29, 0.717) is 5.76 Å². The third-order valence-electron chi connectivity index (χ3n) is 3.22. The van der Waals surface area contributed by atoms with Crippen LogP contribution in [0.25, 0.3) is 11.8 Å². The zero-order valence-corrected chi connectivity index (χ0v) is 11.3. The number of aryl methyl sites for hydroxylation is 1. The van der Waals surface area contributed by atoms with Crippen molar-refractivity contribution in [3.63, 3.8) is 0 Å². The van der Waals surface area contributed by atoms with Crippen molar-refractivity contribution < 1.29 is 9.53 Å². The number of rotatable bonds is 1. The molecule has 4 heteroatoms. The Morgan fingerprint density at radius 2 is 2.10 bits per heavy atom. The van der Waals surface area contributed by atoms with Crippen molar-refractivity contribution in [1.29, 1.82) is 0 Å². The maximum atomic E-state index is 11.9. The minimum Gasteiger partial charge on any atom is -0.409 e. The number of amides is 1. The maximum absolute atomic E-state index is 11.9. The number of carbonyl (C=O) groups excluding carboxylic acids is 1. The van der Waals surface area contributed by atoms with Gasteiger partial charge < -0.3 is 4.74 Å². The molecule has 1 aromatic carbocycles. The first-order valence-electron chi connectivity index (χ1n) is 6.34. The molecule has 0 fully saturated rings. The van der Waals surface area contributed by atoms with Gasteiger partial charge in [-0.25, -0.2) is 4.79 Å². The summed E-state index contributed by atoms with van der Waals surface area (Å²) in [5, 5.41) is 0. The van der Waals surface area contributed by atoms with Crippen LogP contribution >= 0.6 is 0 Å². The average Bonchev–Trinajstić information content (AvgIpc) is 2.45. The van der Waals surface area contributed by atoms with Gasteiger partial charge in [0.25, 0.3) is 0 Å². The maximum Gasteiger partial charge on any atom is 0.419 e. The van der Waals surface area contributed by atoms with E-state index in [1.165, 1.54) is 4.90 Å². The highest BCUT2D eigenvalue weighted by molar-refractivity contribution is 6.01. The van der Waals surface area contributed by atoms with Gasteiger partial charge in [0.2, 0.25) is 0 Å². The lowest BCUT2D eigenvalue weighted by Crippen LogP contribution is -2.31. The molecule has 1 aliphatic heterocycles. The first kappa shape index (κ1) is 12.4. The molecule has 2 aromatic rings. The minimum atomic E-state index is -0.386. The normalized spacial score (nSPS) is 16.0. The Labute approximate surface area is 117 Å². The highest BCUT2D eigenvalue weighted by Crippen LogP contribution is 2.34. The number of nitrogens with zero attached hydrogens (tertiary/aromatic N) is 2. The number of anilines is 1. The van der Waals surface area contributed by atoms with E-state index in [4.69, 9.17) is 4.74 Å². The van der Waals surface area contributed by atoms with Crippen molar-refractivity contribution in [2.24, 2.45) is 0 Å². The van der Waals surface area contributed by atoms with Crippen LogP contribution < -0.4 is 4.90 Å². The molecule has 0 bridgehead atoms. The van der Waals surface area contributed by atoms with Crippen LogP contribution in [0.2, 0.25) is 0 Å². The van der Waals surface area contributed by atoms with Crippen molar-refractivity contribution in [1.82, 2.24) is 4.98 Å². The molecule has 0 aliphatic carbocycles. The van der Waals surface area contributed by atoms with E-state index in [-0.39, 0.29) is 6.09 Å². The Kier molecular flexibility index (Phi) is 2.99. The Balaban J connectivity index is 2.14. The summed E-state index contributed by atoms with van der Waals surface area (Å²) in [7, 11) is 1.70. The third-order valence-corrected chi connectivity index (χ3v) is 3.22. The summed E-state index contributed by atoms with van der Waals surface area (Å²) in [6, 6.07) is 11.5. The van der Waals surface area contributed by atoms with Crippen LogP contribution in [0.3, 0.4) is 0 Å². The van der Waals surface area contributed by atoms with Gasteiger partial charge >= 0.3 is 6.09 Å². The molecule has 3 rings (SSSR count). The van der Waals surface area contributed by atoms with Gasteiger partial charge in [-0.2, -0.15) is 0 Å². The summed E-state index contributed by atoms with van der Waals surface area (Å²) in [6.45, 7) is 2.01. The molecule has 4 nitrogen and oxygen atoms in total. The van der Waals surface area contributed by atoms with Gasteiger partial charge in [-0.3, -0.25) is 9.88 Å². The van der Waals surface area contributed by atoms with Crippen LogP contribution in [0.4, 0.5) is 10.5 Å². The largest absolute Gasteiger partial charge is 0.419 e. The lowest BCUT2D eigenvalue weighted by Gasteiger charge is -2.27. The third kappa shape index (κ3) is 2.16. The number of cyclic esters (lactones) is 1. The molecule has 2 heterocycles. The fourth-order valence-corrected chi connectivity index (χ4v) is 2.16. The van der Waals surface area contributed by atoms with E-state index in [2.05, 4.69) is 4.98 Å². The van der Waals surface area contributed by atoms with Crippen LogP contribution in [-0.2, 0) is 4.74 Å². The molecule has 0 saturated carbocycles. The van der Waals surface area contributed by atoms with Crippen LogP contribution in [0.5, 0.6) is 0 Å². The topological polar surface area (TPSA) is 42.4 Å². The second-order valence-corrected chi connectivity index (χ2v) is 4.71. The summed E-state index contributed by atoms with van der Waals surface area (Å²) >= 11 is 0. The SMILES string of the molecule is Cc1ccc2c(c1)/C(=C/c1ccccn1)OC(=O)N2C. The van der Waals surface area contributed by atoms with Gasteiger partial charge in [-0.15, -0.1) is 0 Å². The molecule has 0 radical (unpaired) electrons. The Hall–Kier alpha value is -2.62. The van der Waals surface area contributed by atoms with E-state index in [0.717, 1.165) is 22.5 Å². The Bertz CT molecular complexity index is 693. The predicted octanol–water partition coefficient (Wildman–Crippen LogP) is 3.47. The summed E-state index contributed by atoms with van der Waals surface area (Å²) in [5.41, 5.74) is 3.61. The van der Waals surface area contributed by atoms with E-state index in [9.17, 15) is 4.79 Å². The van der Waals surface area contributed by atoms with Crippen molar-refractivity contribution in [2.45, 2.75) is 6.92 Å². The van der Waals surface area contributed by atoms with E-state index in [1.54, 1.807) is 19.3 Å². The molecule has 0 atom stereocenters. The number of ether oxygens (including phenoxy) is 1. The van der Waals surface area contributed by atoms with E-state index in [1.807, 2.05) is 43.3 Å². The Morgan fingerprint density at radius 1 is 1.25 bits per heavy atom. The molecule has 1 aromatic heterocycles. The van der Waals surface area contributed by atoms with Crippen molar-refractivity contribution >= 4 is 23.6 Å². The van der Waals surface area contributed by atoms with Gasteiger partial charge in [0.1, 0.15) is 5.76 Å². The number of hydrogen-bond donors (Lipinski definition) is 0. The second kappa shape index (κ2) is 4.81. The number of pyridine rings is 1. The van der Waals surface area contributed by atoms with Crippen LogP contribution in [0.15, 0.2) is 42.6 Å². The predicted molar refractivity (Wildman–Crippen MR) is 78.2 cm³/mol. The fourth-order valence-electron chi connectivity index (χ4n) is 2.16. The smallest absolute Gasteiger partial charge is 0.409 e. The van der Waals surface area contributed by atoms with Crippen molar-refractivity contribution in [3.8, 4) is 0 Å². The van der Waals surface area contributed by atoms with Crippen LogP contribution in [0.1, 0.15) is 16.8 Å². The minimum absolute atomic E-state index is 0.386. The standard InChI is InChI=1S/C16H14N2O2/c1-11-6-7-14-13(9-11)15(20-16(19)18(14)2)10-12-5-3-4-8-17-12/h3-10H,1-2H3/b15-10-. The lowest BCUT2D eigenvalue weighted by atomic mass is 10.0. The van der Waals surface area contributed by atoms with Crippen molar-refractivity contribution in [3.05, 3.63) is 59.4 Å². The molecule has 20 heavy (non-hydrogen) atoms. The monoisotopic (exact) mass is 266 g/mol. The second-order valence-electron chi connectivity index (χ2n) is 4.71. The lowest BCUT2D eigenvalue weighted by molar-refractivity contribution is 0.199. The number of carbonyl (C=O) groups is 1. The molecule has 0 spiro atoms. The Morgan fingerprint density at radius 3 is 2.85 bits per heavy atom. The highest BCUT2D eigenvalue weighted by Gasteiger charge is 2.26. The summed E-state index contributed by atoms with van der Waals surface area (Å²) in [5.74, 6) is 0.533. The van der Waals surface area contributed by atoms with Gasteiger partial charge in [-0.05, 0) is 31.2 Å². The van der Waals surface area contributed by atoms with Gasteiger partial charge in [-0.1, -0.05) is 17.7 Å². The van der Waals surface area contributed by atoms with Gasteiger partial charge in [0.05, 0.1) is 11.4 Å². The number of hydrogen-bond acceptors (Lipinski definition) is 3. The zero-order chi connectivity index (χ0) is 14.1. The number of fused-ring (bicyclic) bond motifs is 1. The van der Waals surface area contributed by atoms with E-state index < -0.39 is 0 Å². The molecule has 0 saturated heterocycles. The molecular weight excluding hydrogens is 252 g/mol.